The van der Waals surface area contributed by atoms with Crippen LogP contribution >= 0.6 is 11.6 Å². The van der Waals surface area contributed by atoms with Crippen LogP contribution in [0.25, 0.3) is 0 Å². The molecule has 0 radical (unpaired) electrons. The third-order valence-corrected chi connectivity index (χ3v) is 4.99. The molecule has 1 aliphatic heterocycles. The normalized spacial score (nSPS) is 14.8. The van der Waals surface area contributed by atoms with Crippen molar-refractivity contribution in [3.8, 4) is 0 Å². The Morgan fingerprint density at radius 1 is 1.15 bits per heavy atom. The van der Waals surface area contributed by atoms with E-state index in [1.807, 2.05) is 6.07 Å². The molecule has 0 saturated heterocycles. The predicted molar refractivity (Wildman–Crippen MR) is 102 cm³/mol. The van der Waals surface area contributed by atoms with Crippen LogP contribution in [0.4, 0.5) is 10.1 Å². The number of benzene rings is 2. The molecule has 4 rings (SSSR count). The van der Waals surface area contributed by atoms with E-state index >= 15 is 0 Å². The van der Waals surface area contributed by atoms with Gasteiger partial charge in [0, 0.05) is 28.9 Å². The Balaban J connectivity index is 1.72. The van der Waals surface area contributed by atoms with Crippen LogP contribution in [0.15, 0.2) is 60.9 Å². The maximum absolute atomic E-state index is 13.2. The minimum Gasteiger partial charge on any atom is -0.384 e. The molecular formula is C21H16ClFN2O2. The Morgan fingerprint density at radius 2 is 1.93 bits per heavy atom. The zero-order valence-corrected chi connectivity index (χ0v) is 15.0. The maximum atomic E-state index is 13.2. The number of halogens is 2. The van der Waals surface area contributed by atoms with Crippen LogP contribution in [0.1, 0.15) is 33.2 Å². The highest BCUT2D eigenvalue weighted by atomic mass is 35.5. The van der Waals surface area contributed by atoms with E-state index in [-0.39, 0.29) is 11.7 Å². The molecule has 1 atom stereocenters. The third-order valence-electron chi connectivity index (χ3n) is 4.75. The first-order chi connectivity index (χ1) is 13.0. The molecular weight excluding hydrogens is 367 g/mol. The van der Waals surface area contributed by atoms with Gasteiger partial charge >= 0.3 is 0 Å². The summed E-state index contributed by atoms with van der Waals surface area (Å²) in [4.78, 5) is 18.8. The average molecular weight is 383 g/mol. The Morgan fingerprint density at radius 3 is 2.70 bits per heavy atom. The van der Waals surface area contributed by atoms with Crippen LogP contribution in [0, 0.1) is 5.82 Å². The Labute approximate surface area is 160 Å². The van der Waals surface area contributed by atoms with Crippen molar-refractivity contribution in [1.82, 2.24) is 4.98 Å². The SMILES string of the molecule is O=C1c2ccc(Cl)cc2CCN1c1cnccc1C(O)c1ccc(F)cc1. The monoisotopic (exact) mass is 382 g/mol. The molecule has 2 aromatic carbocycles. The summed E-state index contributed by atoms with van der Waals surface area (Å²) < 4.78 is 13.2. The van der Waals surface area contributed by atoms with Crippen LogP contribution < -0.4 is 4.90 Å². The van der Waals surface area contributed by atoms with Crippen molar-refractivity contribution >= 4 is 23.2 Å². The Bertz CT molecular complexity index is 1010. The van der Waals surface area contributed by atoms with Crippen LogP contribution in [-0.4, -0.2) is 22.5 Å². The van der Waals surface area contributed by atoms with Crippen LogP contribution in [0.2, 0.25) is 5.02 Å². The highest BCUT2D eigenvalue weighted by molar-refractivity contribution is 6.30. The fourth-order valence-electron chi connectivity index (χ4n) is 3.37. The molecule has 1 amide bonds. The molecule has 0 fully saturated rings. The molecule has 1 unspecified atom stereocenters. The molecule has 27 heavy (non-hydrogen) atoms. The summed E-state index contributed by atoms with van der Waals surface area (Å²) in [6.07, 6.45) is 2.79. The van der Waals surface area contributed by atoms with Gasteiger partial charge in [-0.1, -0.05) is 23.7 Å². The lowest BCUT2D eigenvalue weighted by atomic mass is 9.96. The second-order valence-corrected chi connectivity index (χ2v) is 6.83. The van der Waals surface area contributed by atoms with Crippen molar-refractivity contribution in [2.24, 2.45) is 0 Å². The van der Waals surface area contributed by atoms with Gasteiger partial charge in [0.1, 0.15) is 11.9 Å². The minimum atomic E-state index is -0.997. The zero-order valence-electron chi connectivity index (χ0n) is 14.3. The van der Waals surface area contributed by atoms with Gasteiger partial charge in [0.15, 0.2) is 0 Å². The number of aliphatic hydroxyl groups is 1. The molecule has 136 valence electrons. The lowest BCUT2D eigenvalue weighted by Gasteiger charge is -2.31. The molecule has 3 aromatic rings. The number of nitrogens with zero attached hydrogens (tertiary/aromatic N) is 2. The van der Waals surface area contributed by atoms with Gasteiger partial charge in [-0.3, -0.25) is 9.78 Å². The number of aromatic nitrogens is 1. The lowest BCUT2D eigenvalue weighted by Crippen LogP contribution is -2.38. The zero-order chi connectivity index (χ0) is 19.0. The van der Waals surface area contributed by atoms with Gasteiger partial charge in [0.2, 0.25) is 0 Å². The van der Waals surface area contributed by atoms with E-state index in [9.17, 15) is 14.3 Å². The first-order valence-electron chi connectivity index (χ1n) is 8.52. The number of hydrogen-bond donors (Lipinski definition) is 1. The van der Waals surface area contributed by atoms with Gasteiger partial charge in [-0.2, -0.15) is 0 Å². The quantitative estimate of drug-likeness (QED) is 0.740. The topological polar surface area (TPSA) is 53.4 Å². The lowest BCUT2D eigenvalue weighted by molar-refractivity contribution is 0.0980. The van der Waals surface area contributed by atoms with Crippen molar-refractivity contribution < 1.29 is 14.3 Å². The number of pyridine rings is 1. The molecule has 0 saturated carbocycles. The van der Waals surface area contributed by atoms with Crippen LogP contribution in [-0.2, 0) is 6.42 Å². The average Bonchev–Trinajstić information content (AvgIpc) is 2.68. The molecule has 0 spiro atoms. The van der Waals surface area contributed by atoms with E-state index in [0.717, 1.165) is 5.56 Å². The maximum Gasteiger partial charge on any atom is 0.258 e. The predicted octanol–water partition coefficient (Wildman–Crippen LogP) is 4.16. The first-order valence-corrected chi connectivity index (χ1v) is 8.90. The van der Waals surface area contributed by atoms with Gasteiger partial charge in [-0.05, 0) is 53.9 Å². The summed E-state index contributed by atoms with van der Waals surface area (Å²) in [5.74, 6) is -0.532. The number of anilines is 1. The minimum absolute atomic E-state index is 0.159. The number of carbonyl (C=O) groups excluding carboxylic acids is 1. The van der Waals surface area contributed by atoms with Crippen LogP contribution in [0.3, 0.4) is 0 Å². The van der Waals surface area contributed by atoms with E-state index < -0.39 is 6.10 Å². The Hall–Kier alpha value is -2.76. The summed E-state index contributed by atoms with van der Waals surface area (Å²) in [6.45, 7) is 0.459. The molecule has 1 aromatic heterocycles. The molecule has 1 N–H and O–H groups in total. The largest absolute Gasteiger partial charge is 0.384 e. The summed E-state index contributed by atoms with van der Waals surface area (Å²) >= 11 is 6.03. The number of rotatable bonds is 3. The van der Waals surface area contributed by atoms with Gasteiger partial charge in [0.25, 0.3) is 5.91 Å². The first kappa shape index (κ1) is 17.6. The standard InChI is InChI=1S/C21H16ClFN2O2/c22-15-3-6-17-14(11-15)8-10-25(21(17)27)19-12-24-9-7-18(19)20(26)13-1-4-16(23)5-2-13/h1-7,9,11-12,20,26H,8,10H2. The number of carbonyl (C=O) groups is 1. The fraction of sp³-hybridized carbons (Fsp3) is 0.143. The van der Waals surface area contributed by atoms with Crippen molar-refractivity contribution in [1.29, 1.82) is 0 Å². The summed E-state index contributed by atoms with van der Waals surface area (Å²) in [5.41, 5.74) is 3.13. The highest BCUT2D eigenvalue weighted by Crippen LogP contribution is 2.33. The fourth-order valence-corrected chi connectivity index (χ4v) is 3.56. The number of aliphatic hydroxyl groups excluding tert-OH is 1. The van der Waals surface area contributed by atoms with Crippen molar-refractivity contribution in [2.45, 2.75) is 12.5 Å². The number of hydrogen-bond acceptors (Lipinski definition) is 3. The van der Waals surface area contributed by atoms with Crippen molar-refractivity contribution in [3.63, 3.8) is 0 Å². The number of fused-ring (bicyclic) bond motifs is 1. The number of amides is 1. The van der Waals surface area contributed by atoms with Gasteiger partial charge < -0.3 is 10.0 Å². The van der Waals surface area contributed by atoms with E-state index in [1.165, 1.54) is 24.3 Å². The molecule has 4 nitrogen and oxygen atoms in total. The molecule has 6 heteroatoms. The van der Waals surface area contributed by atoms with E-state index in [1.54, 1.807) is 35.5 Å². The van der Waals surface area contributed by atoms with E-state index in [0.29, 0.717) is 40.4 Å². The van der Waals surface area contributed by atoms with E-state index in [2.05, 4.69) is 4.98 Å². The summed E-state index contributed by atoms with van der Waals surface area (Å²) in [7, 11) is 0. The summed E-state index contributed by atoms with van der Waals surface area (Å²) in [6, 6.07) is 12.5. The second kappa shape index (κ2) is 7.10. The van der Waals surface area contributed by atoms with Crippen molar-refractivity contribution in [3.05, 3.63) is 94.0 Å². The van der Waals surface area contributed by atoms with Gasteiger partial charge in [0.05, 0.1) is 11.9 Å². The molecule has 1 aliphatic rings. The van der Waals surface area contributed by atoms with E-state index in [4.69, 9.17) is 11.6 Å². The van der Waals surface area contributed by atoms with Crippen molar-refractivity contribution in [2.75, 3.05) is 11.4 Å². The highest BCUT2D eigenvalue weighted by Gasteiger charge is 2.28. The Kier molecular flexibility index (Phi) is 4.64. The van der Waals surface area contributed by atoms with Gasteiger partial charge in [-0.25, -0.2) is 4.39 Å². The molecule has 2 heterocycles. The molecule has 0 bridgehead atoms. The van der Waals surface area contributed by atoms with Crippen LogP contribution in [0.5, 0.6) is 0 Å². The molecule has 0 aliphatic carbocycles. The summed E-state index contributed by atoms with van der Waals surface area (Å²) in [5, 5.41) is 11.4. The second-order valence-electron chi connectivity index (χ2n) is 6.40. The smallest absolute Gasteiger partial charge is 0.258 e. The van der Waals surface area contributed by atoms with Gasteiger partial charge in [-0.15, -0.1) is 0 Å². The third kappa shape index (κ3) is 3.31.